The van der Waals surface area contributed by atoms with E-state index in [-0.39, 0.29) is 0 Å². The van der Waals surface area contributed by atoms with Gasteiger partial charge in [-0.05, 0) is 79.9 Å². The molecule has 2 saturated carbocycles. The highest BCUT2D eigenvalue weighted by atomic mass is 14.4. The largest absolute Gasteiger partial charge is 0.192 e. The van der Waals surface area contributed by atoms with Gasteiger partial charge in [0.05, 0.1) is 11.6 Å². The van der Waals surface area contributed by atoms with Gasteiger partial charge >= 0.3 is 0 Å². The molecule has 1 heteroatoms. The Labute approximate surface area is 167 Å². The standard InChI is InChI=1S/C26H39N/c1-2-5-21-12-16-25(17-13-21)26-18-14-23(15-19-26)7-4-3-6-22-8-10-24(20-27)11-9-22/h8-11,21,23,25-26H,2-7,12-19H2,1H3/t21-,23-,25-,26-. The van der Waals surface area contributed by atoms with E-state index in [0.717, 1.165) is 29.2 Å². The Morgan fingerprint density at radius 2 is 1.33 bits per heavy atom. The summed E-state index contributed by atoms with van der Waals surface area (Å²) in [6.45, 7) is 2.34. The Balaban J connectivity index is 1.28. The Morgan fingerprint density at radius 1 is 0.778 bits per heavy atom. The number of nitrogens with zero attached hydrogens (tertiary/aromatic N) is 1. The molecule has 0 N–H and O–H groups in total. The van der Waals surface area contributed by atoms with E-state index in [1.165, 1.54) is 95.5 Å². The fraction of sp³-hybridized carbons (Fsp3) is 0.731. The highest BCUT2D eigenvalue weighted by Crippen LogP contribution is 2.43. The molecule has 1 aromatic rings. The van der Waals surface area contributed by atoms with Crippen molar-refractivity contribution in [1.29, 1.82) is 5.26 Å². The second kappa shape index (κ2) is 10.9. The van der Waals surface area contributed by atoms with E-state index in [0.29, 0.717) is 0 Å². The van der Waals surface area contributed by atoms with Crippen molar-refractivity contribution in [2.45, 2.75) is 96.8 Å². The molecule has 0 heterocycles. The Bertz CT molecular complexity index is 565. The van der Waals surface area contributed by atoms with Crippen LogP contribution >= 0.6 is 0 Å². The van der Waals surface area contributed by atoms with Gasteiger partial charge in [-0.2, -0.15) is 5.26 Å². The zero-order valence-corrected chi connectivity index (χ0v) is 17.5. The average Bonchev–Trinajstić information content (AvgIpc) is 2.73. The highest BCUT2D eigenvalue weighted by molar-refractivity contribution is 5.31. The second-order valence-electron chi connectivity index (χ2n) is 9.40. The van der Waals surface area contributed by atoms with Gasteiger partial charge in [0.2, 0.25) is 0 Å². The first-order valence-electron chi connectivity index (χ1n) is 11.8. The Morgan fingerprint density at radius 3 is 1.85 bits per heavy atom. The molecule has 0 unspecified atom stereocenters. The van der Waals surface area contributed by atoms with Gasteiger partial charge in [0.1, 0.15) is 0 Å². The molecule has 148 valence electrons. The van der Waals surface area contributed by atoms with Crippen molar-refractivity contribution in [3.63, 3.8) is 0 Å². The third-order valence-electron chi connectivity index (χ3n) is 7.56. The van der Waals surface area contributed by atoms with E-state index >= 15 is 0 Å². The number of aryl methyl sites for hydroxylation is 1. The minimum absolute atomic E-state index is 0.773. The summed E-state index contributed by atoms with van der Waals surface area (Å²) in [4.78, 5) is 0. The van der Waals surface area contributed by atoms with Gasteiger partial charge < -0.3 is 0 Å². The Kier molecular flexibility index (Phi) is 8.25. The van der Waals surface area contributed by atoms with Crippen LogP contribution in [0.4, 0.5) is 0 Å². The summed E-state index contributed by atoms with van der Waals surface area (Å²) < 4.78 is 0. The first kappa shape index (κ1) is 20.4. The molecule has 0 aromatic heterocycles. The van der Waals surface area contributed by atoms with Crippen LogP contribution in [0.5, 0.6) is 0 Å². The molecule has 1 nitrogen and oxygen atoms in total. The molecule has 3 rings (SSSR count). The predicted octanol–water partition coefficient (Wildman–Crippen LogP) is 7.68. The SMILES string of the molecule is CCC[C@H]1CC[C@H]([C@H]2CC[C@H](CCCCc3ccc(C#N)cc3)CC2)CC1. The molecule has 0 aliphatic heterocycles. The highest BCUT2D eigenvalue weighted by Gasteiger charge is 2.30. The monoisotopic (exact) mass is 365 g/mol. The summed E-state index contributed by atoms with van der Waals surface area (Å²) in [5.74, 6) is 4.18. The molecule has 27 heavy (non-hydrogen) atoms. The van der Waals surface area contributed by atoms with Crippen LogP contribution in [0, 0.1) is 35.0 Å². The van der Waals surface area contributed by atoms with E-state index in [1.54, 1.807) is 0 Å². The fourth-order valence-corrected chi connectivity index (χ4v) is 5.81. The van der Waals surface area contributed by atoms with Crippen LogP contribution in [0.1, 0.15) is 102 Å². The van der Waals surface area contributed by atoms with Crippen LogP contribution in [0.15, 0.2) is 24.3 Å². The topological polar surface area (TPSA) is 23.8 Å². The van der Waals surface area contributed by atoms with Crippen molar-refractivity contribution in [3.05, 3.63) is 35.4 Å². The molecular weight excluding hydrogens is 326 g/mol. The number of hydrogen-bond acceptors (Lipinski definition) is 1. The van der Waals surface area contributed by atoms with Crippen LogP contribution in [0.3, 0.4) is 0 Å². The lowest BCUT2D eigenvalue weighted by atomic mass is 9.68. The minimum atomic E-state index is 0.773. The van der Waals surface area contributed by atoms with Crippen molar-refractivity contribution in [2.75, 3.05) is 0 Å². The summed E-state index contributed by atoms with van der Waals surface area (Å²) in [6, 6.07) is 10.3. The molecule has 0 radical (unpaired) electrons. The maximum Gasteiger partial charge on any atom is 0.0991 e. The molecule has 0 amide bonds. The molecule has 0 bridgehead atoms. The van der Waals surface area contributed by atoms with Crippen LogP contribution in [-0.4, -0.2) is 0 Å². The van der Waals surface area contributed by atoms with Gasteiger partial charge in [0.15, 0.2) is 0 Å². The van der Waals surface area contributed by atoms with Crippen molar-refractivity contribution in [1.82, 2.24) is 0 Å². The molecular formula is C26H39N. The number of nitriles is 1. The van der Waals surface area contributed by atoms with Crippen molar-refractivity contribution in [3.8, 4) is 6.07 Å². The maximum absolute atomic E-state index is 8.87. The molecule has 2 fully saturated rings. The zero-order valence-electron chi connectivity index (χ0n) is 17.5. The summed E-state index contributed by atoms with van der Waals surface area (Å²) >= 11 is 0. The summed E-state index contributed by atoms with van der Waals surface area (Å²) in [5, 5.41) is 8.87. The third-order valence-corrected chi connectivity index (χ3v) is 7.56. The van der Waals surface area contributed by atoms with Gasteiger partial charge in [0.25, 0.3) is 0 Å². The molecule has 0 atom stereocenters. The minimum Gasteiger partial charge on any atom is -0.192 e. The van der Waals surface area contributed by atoms with Crippen LogP contribution in [0.25, 0.3) is 0 Å². The lowest BCUT2D eigenvalue weighted by molar-refractivity contribution is 0.140. The summed E-state index contributed by atoms with van der Waals surface area (Å²) in [5.41, 5.74) is 2.16. The van der Waals surface area contributed by atoms with E-state index in [9.17, 15) is 0 Å². The van der Waals surface area contributed by atoms with E-state index in [2.05, 4.69) is 25.1 Å². The van der Waals surface area contributed by atoms with Crippen molar-refractivity contribution in [2.24, 2.45) is 23.7 Å². The van der Waals surface area contributed by atoms with E-state index in [4.69, 9.17) is 5.26 Å². The molecule has 2 aliphatic rings. The van der Waals surface area contributed by atoms with Gasteiger partial charge in [-0.1, -0.05) is 70.4 Å². The normalized spacial score (nSPS) is 28.6. The molecule has 0 spiro atoms. The Hall–Kier alpha value is -1.29. The predicted molar refractivity (Wildman–Crippen MR) is 115 cm³/mol. The second-order valence-corrected chi connectivity index (χ2v) is 9.40. The lowest BCUT2D eigenvalue weighted by Crippen LogP contribution is -2.25. The van der Waals surface area contributed by atoms with E-state index in [1.807, 2.05) is 12.1 Å². The van der Waals surface area contributed by atoms with Gasteiger partial charge in [-0.25, -0.2) is 0 Å². The molecule has 2 aliphatic carbocycles. The molecule has 0 saturated heterocycles. The van der Waals surface area contributed by atoms with Crippen molar-refractivity contribution < 1.29 is 0 Å². The zero-order chi connectivity index (χ0) is 18.9. The van der Waals surface area contributed by atoms with Gasteiger partial charge in [-0.3, -0.25) is 0 Å². The third kappa shape index (κ3) is 6.38. The number of benzene rings is 1. The average molecular weight is 366 g/mol. The van der Waals surface area contributed by atoms with Crippen molar-refractivity contribution >= 4 is 0 Å². The van der Waals surface area contributed by atoms with E-state index < -0.39 is 0 Å². The maximum atomic E-state index is 8.87. The van der Waals surface area contributed by atoms with Crippen LogP contribution in [-0.2, 0) is 6.42 Å². The first-order valence-corrected chi connectivity index (χ1v) is 11.8. The number of rotatable bonds is 8. The quantitative estimate of drug-likeness (QED) is 0.433. The van der Waals surface area contributed by atoms with Crippen LogP contribution in [0.2, 0.25) is 0 Å². The smallest absolute Gasteiger partial charge is 0.0991 e. The fourth-order valence-electron chi connectivity index (χ4n) is 5.81. The first-order chi connectivity index (χ1) is 13.3. The van der Waals surface area contributed by atoms with Gasteiger partial charge in [-0.15, -0.1) is 0 Å². The number of unbranched alkanes of at least 4 members (excludes halogenated alkanes) is 1. The van der Waals surface area contributed by atoms with Gasteiger partial charge in [0, 0.05) is 0 Å². The summed E-state index contributed by atoms with van der Waals surface area (Å²) in [7, 11) is 0. The lowest BCUT2D eigenvalue weighted by Gasteiger charge is -2.38. The summed E-state index contributed by atoms with van der Waals surface area (Å²) in [6.07, 6.45) is 20.3. The molecule has 1 aromatic carbocycles. The van der Waals surface area contributed by atoms with Crippen LogP contribution < -0.4 is 0 Å². The number of hydrogen-bond donors (Lipinski definition) is 0.